The maximum atomic E-state index is 13.2. The zero-order valence-corrected chi connectivity index (χ0v) is 15.6. The number of hydrogen-bond acceptors (Lipinski definition) is 6. The second-order valence-corrected chi connectivity index (χ2v) is 8.58. The van der Waals surface area contributed by atoms with Crippen molar-refractivity contribution >= 4 is 27.5 Å². The zero-order valence-electron chi connectivity index (χ0n) is 14.0. The summed E-state index contributed by atoms with van der Waals surface area (Å²) < 4.78 is 38.4. The lowest BCUT2D eigenvalue weighted by atomic mass is 10.2. The van der Waals surface area contributed by atoms with Crippen LogP contribution in [0.4, 0.5) is 5.69 Å². The van der Waals surface area contributed by atoms with E-state index < -0.39 is 10.0 Å². The van der Waals surface area contributed by atoms with Crippen molar-refractivity contribution in [3.63, 3.8) is 0 Å². The van der Waals surface area contributed by atoms with Gasteiger partial charge in [-0.1, -0.05) is 0 Å². The van der Waals surface area contributed by atoms with Crippen LogP contribution in [0.5, 0.6) is 5.75 Å². The van der Waals surface area contributed by atoms with Crippen LogP contribution in [0.3, 0.4) is 0 Å². The molecule has 134 valence electrons. The molecule has 0 bridgehead atoms. The van der Waals surface area contributed by atoms with Gasteiger partial charge in [-0.15, -0.1) is 11.8 Å². The molecule has 1 aliphatic heterocycles. The monoisotopic (exact) mass is 388 g/mol. The van der Waals surface area contributed by atoms with E-state index in [0.29, 0.717) is 29.5 Å². The van der Waals surface area contributed by atoms with Crippen molar-refractivity contribution in [2.45, 2.75) is 9.79 Å². The first-order chi connectivity index (χ1) is 12.6. The number of furan rings is 1. The topological polar surface area (TPSA) is 72.6 Å². The van der Waals surface area contributed by atoms with Crippen molar-refractivity contribution in [3.8, 4) is 17.1 Å². The normalized spacial score (nSPS) is 14.1. The molecule has 26 heavy (non-hydrogen) atoms. The Hall–Kier alpha value is -2.45. The number of aromatic nitrogens is 1. The van der Waals surface area contributed by atoms with E-state index in [1.165, 1.54) is 4.31 Å². The smallest absolute Gasteiger partial charge is 0.264 e. The highest BCUT2D eigenvalue weighted by Gasteiger charge is 2.31. The summed E-state index contributed by atoms with van der Waals surface area (Å²) in [5.41, 5.74) is 1.37. The highest BCUT2D eigenvalue weighted by molar-refractivity contribution is 8.00. The predicted octanol–water partition coefficient (Wildman–Crippen LogP) is 3.65. The van der Waals surface area contributed by atoms with E-state index in [1.54, 1.807) is 67.9 Å². The fourth-order valence-corrected chi connectivity index (χ4v) is 5.58. The summed E-state index contributed by atoms with van der Waals surface area (Å²) in [7, 11) is -2.15. The van der Waals surface area contributed by atoms with Crippen LogP contribution in [0.25, 0.3) is 11.3 Å². The lowest BCUT2D eigenvalue weighted by Gasteiger charge is -2.30. The van der Waals surface area contributed by atoms with Crippen molar-refractivity contribution in [2.75, 3.05) is 23.7 Å². The first-order valence-corrected chi connectivity index (χ1v) is 10.4. The number of pyridine rings is 1. The second kappa shape index (κ2) is 6.69. The number of fused-ring (bicyclic) bond motifs is 1. The molecule has 1 aromatic carbocycles. The van der Waals surface area contributed by atoms with E-state index in [1.807, 2.05) is 6.07 Å². The average Bonchev–Trinajstić information content (AvgIpc) is 3.21. The first kappa shape index (κ1) is 17.0. The molecule has 0 fully saturated rings. The predicted molar refractivity (Wildman–Crippen MR) is 100 cm³/mol. The summed E-state index contributed by atoms with van der Waals surface area (Å²) in [6.45, 7) is 0.384. The summed E-state index contributed by atoms with van der Waals surface area (Å²) in [5.74, 6) is 1.94. The van der Waals surface area contributed by atoms with Gasteiger partial charge in [0.05, 0.1) is 35.7 Å². The van der Waals surface area contributed by atoms with Gasteiger partial charge in [0.1, 0.15) is 11.5 Å². The summed E-state index contributed by atoms with van der Waals surface area (Å²) in [6, 6.07) is 10.0. The summed E-state index contributed by atoms with van der Waals surface area (Å²) >= 11 is 1.61. The maximum absolute atomic E-state index is 13.2. The minimum Gasteiger partial charge on any atom is -0.497 e. The average molecular weight is 388 g/mol. The molecule has 4 rings (SSSR count). The lowest BCUT2D eigenvalue weighted by molar-refractivity contribution is 0.414. The lowest BCUT2D eigenvalue weighted by Crippen LogP contribution is -2.35. The number of methoxy groups -OCH3 is 1. The van der Waals surface area contributed by atoms with Gasteiger partial charge in [-0.05, 0) is 36.4 Å². The van der Waals surface area contributed by atoms with E-state index in [2.05, 4.69) is 4.98 Å². The molecule has 0 spiro atoms. The molecule has 3 aromatic rings. The third-order valence-electron chi connectivity index (χ3n) is 4.12. The number of rotatable bonds is 4. The van der Waals surface area contributed by atoms with Gasteiger partial charge in [-0.3, -0.25) is 9.29 Å². The molecule has 3 heterocycles. The van der Waals surface area contributed by atoms with Gasteiger partial charge >= 0.3 is 0 Å². The summed E-state index contributed by atoms with van der Waals surface area (Å²) in [4.78, 5) is 5.32. The standard InChI is InChI=1S/C18H16N2O4S2/c1-23-13-4-6-14(7-5-13)26(21,22)20-8-10-25-18-15(11-19-12-16(18)20)17-3-2-9-24-17/h2-7,9,11-12H,8,10H2,1H3. The molecule has 8 heteroatoms. The second-order valence-electron chi connectivity index (χ2n) is 5.61. The van der Waals surface area contributed by atoms with Crippen LogP contribution in [0.1, 0.15) is 0 Å². The molecule has 0 N–H and O–H groups in total. The molecule has 0 saturated carbocycles. The molecule has 0 radical (unpaired) electrons. The number of sulfonamides is 1. The Bertz CT molecular complexity index is 1020. The largest absolute Gasteiger partial charge is 0.497 e. The number of benzene rings is 1. The van der Waals surface area contributed by atoms with Gasteiger partial charge in [-0.25, -0.2) is 8.42 Å². The summed E-state index contributed by atoms with van der Waals surface area (Å²) in [6.07, 6.45) is 4.89. The number of hydrogen-bond donors (Lipinski definition) is 0. The Labute approximate surface area is 155 Å². The Morgan fingerprint density at radius 3 is 2.69 bits per heavy atom. The number of ether oxygens (including phenoxy) is 1. The van der Waals surface area contributed by atoms with Crippen LogP contribution in [-0.4, -0.2) is 32.8 Å². The van der Waals surface area contributed by atoms with Crippen LogP contribution in [-0.2, 0) is 10.0 Å². The molecular formula is C18H16N2O4S2. The first-order valence-electron chi connectivity index (χ1n) is 7.93. The Morgan fingerprint density at radius 1 is 1.19 bits per heavy atom. The van der Waals surface area contributed by atoms with Crippen LogP contribution in [0.15, 0.2) is 69.3 Å². The van der Waals surface area contributed by atoms with E-state index in [-0.39, 0.29) is 4.90 Å². The van der Waals surface area contributed by atoms with Gasteiger partial charge in [0, 0.05) is 23.4 Å². The highest BCUT2D eigenvalue weighted by atomic mass is 32.2. The molecule has 6 nitrogen and oxygen atoms in total. The van der Waals surface area contributed by atoms with E-state index >= 15 is 0 Å². The summed E-state index contributed by atoms with van der Waals surface area (Å²) in [5, 5.41) is 0. The Morgan fingerprint density at radius 2 is 2.00 bits per heavy atom. The fraction of sp³-hybridized carbons (Fsp3) is 0.167. The van der Waals surface area contributed by atoms with Gasteiger partial charge in [0.25, 0.3) is 10.0 Å². The van der Waals surface area contributed by atoms with Gasteiger partial charge in [-0.2, -0.15) is 0 Å². The molecule has 0 amide bonds. The van der Waals surface area contributed by atoms with E-state index in [9.17, 15) is 8.42 Å². The molecule has 1 aliphatic rings. The third-order valence-corrected chi connectivity index (χ3v) is 7.05. The Balaban J connectivity index is 1.79. The molecule has 0 atom stereocenters. The fourth-order valence-electron chi connectivity index (χ4n) is 2.85. The number of anilines is 1. The maximum Gasteiger partial charge on any atom is 0.264 e. The third kappa shape index (κ3) is 2.85. The minimum absolute atomic E-state index is 0.222. The van der Waals surface area contributed by atoms with Crippen molar-refractivity contribution < 1.29 is 17.6 Å². The van der Waals surface area contributed by atoms with Crippen molar-refractivity contribution in [1.82, 2.24) is 4.98 Å². The molecule has 0 unspecified atom stereocenters. The number of thioether (sulfide) groups is 1. The number of nitrogens with zero attached hydrogens (tertiary/aromatic N) is 2. The molecule has 0 aliphatic carbocycles. The van der Waals surface area contributed by atoms with Crippen molar-refractivity contribution in [1.29, 1.82) is 0 Å². The minimum atomic E-state index is -3.69. The van der Waals surface area contributed by atoms with E-state index in [0.717, 1.165) is 10.5 Å². The molecular weight excluding hydrogens is 372 g/mol. The van der Waals surface area contributed by atoms with Gasteiger partial charge < -0.3 is 9.15 Å². The quantitative estimate of drug-likeness (QED) is 0.679. The van der Waals surface area contributed by atoms with Gasteiger partial charge in [0.15, 0.2) is 0 Å². The van der Waals surface area contributed by atoms with Gasteiger partial charge in [0.2, 0.25) is 0 Å². The SMILES string of the molecule is COc1ccc(S(=O)(=O)N2CCSc3c(-c4ccco4)cncc32)cc1. The van der Waals surface area contributed by atoms with E-state index in [4.69, 9.17) is 9.15 Å². The van der Waals surface area contributed by atoms with Crippen LogP contribution >= 0.6 is 11.8 Å². The van der Waals surface area contributed by atoms with Crippen molar-refractivity contribution in [3.05, 3.63) is 55.1 Å². The van der Waals surface area contributed by atoms with Crippen molar-refractivity contribution in [2.24, 2.45) is 0 Å². The van der Waals surface area contributed by atoms with Crippen LogP contribution < -0.4 is 9.04 Å². The van der Waals surface area contributed by atoms with Crippen LogP contribution in [0.2, 0.25) is 0 Å². The Kier molecular flexibility index (Phi) is 4.37. The van der Waals surface area contributed by atoms with Crippen LogP contribution in [0, 0.1) is 0 Å². The highest BCUT2D eigenvalue weighted by Crippen LogP contribution is 2.43. The molecule has 0 saturated heterocycles. The molecule has 2 aromatic heterocycles. The zero-order chi connectivity index (χ0) is 18.1.